The van der Waals surface area contributed by atoms with E-state index >= 15 is 0 Å². The van der Waals surface area contributed by atoms with Gasteiger partial charge in [-0.25, -0.2) is 9.97 Å². The molecule has 0 aliphatic heterocycles. The van der Waals surface area contributed by atoms with E-state index in [2.05, 4.69) is 31.1 Å². The van der Waals surface area contributed by atoms with Crippen molar-refractivity contribution in [3.05, 3.63) is 60.3 Å². The molecule has 2 heterocycles. The molecule has 0 fully saturated rings. The lowest BCUT2D eigenvalue weighted by Crippen LogP contribution is -2.35. The second kappa shape index (κ2) is 11.4. The highest BCUT2D eigenvalue weighted by Gasteiger charge is 2.16. The first-order chi connectivity index (χ1) is 17.6. The highest BCUT2D eigenvalue weighted by molar-refractivity contribution is 7.99. The summed E-state index contributed by atoms with van der Waals surface area (Å²) in [4.78, 5) is 34.3. The molecule has 10 nitrogen and oxygen atoms in total. The number of hydrogen-bond acceptors (Lipinski definition) is 9. The third kappa shape index (κ3) is 7.76. The molecule has 0 bridgehead atoms. The highest BCUT2D eigenvalue weighted by atomic mass is 32.2. The molecule has 4 aromatic rings. The number of fused-ring (bicyclic) bond motifs is 1. The quantitative estimate of drug-likeness (QED) is 0.187. The maximum atomic E-state index is 12.2. The minimum absolute atomic E-state index is 0.00763. The Morgan fingerprint density at radius 2 is 1.78 bits per heavy atom. The predicted molar refractivity (Wildman–Crippen MR) is 144 cm³/mol. The van der Waals surface area contributed by atoms with E-state index in [1.54, 1.807) is 20.8 Å². The summed E-state index contributed by atoms with van der Waals surface area (Å²) in [6.45, 7) is 7.25. The third-order valence-electron chi connectivity index (χ3n) is 4.86. The molecule has 2 aromatic heterocycles. The van der Waals surface area contributed by atoms with Crippen LogP contribution < -0.4 is 16.0 Å². The van der Waals surface area contributed by atoms with Crippen LogP contribution in [0.1, 0.15) is 26.5 Å². The number of carbonyl (C=O) groups excluding carboxylic acids is 2. The summed E-state index contributed by atoms with van der Waals surface area (Å²) < 4.78 is 5.21. The van der Waals surface area contributed by atoms with Crippen molar-refractivity contribution < 1.29 is 14.3 Å². The Kier molecular flexibility index (Phi) is 8.04. The number of aromatic nitrogens is 4. The summed E-state index contributed by atoms with van der Waals surface area (Å²) in [5, 5.41) is 17.5. The molecule has 11 heteroatoms. The molecule has 37 heavy (non-hydrogen) atoms. The van der Waals surface area contributed by atoms with Crippen LogP contribution in [-0.4, -0.2) is 50.7 Å². The number of ether oxygens (including phenoxy) is 1. The average Bonchev–Trinajstić information content (AvgIpc) is 3.23. The maximum Gasteiger partial charge on any atom is 0.320 e. The van der Waals surface area contributed by atoms with E-state index in [-0.39, 0.29) is 19.0 Å². The van der Waals surface area contributed by atoms with Crippen molar-refractivity contribution in [1.29, 1.82) is 0 Å². The number of nitrogens with zero attached hydrogens (tertiary/aromatic N) is 3. The first-order valence-corrected chi connectivity index (χ1v) is 12.5. The maximum absolute atomic E-state index is 12.2. The lowest BCUT2D eigenvalue weighted by molar-refractivity contribution is -0.153. The summed E-state index contributed by atoms with van der Waals surface area (Å²) >= 11 is 1.42. The minimum atomic E-state index is -0.560. The van der Waals surface area contributed by atoms with E-state index in [1.807, 2.05) is 61.5 Å². The SMILES string of the molecule is Cc1cc(Nc2nc(Sc3ccc(NC(=O)CNCC(=O)OC(C)(C)C)cc3)nc3ccccc23)[nH]n1. The van der Waals surface area contributed by atoms with Crippen LogP contribution in [0.3, 0.4) is 0 Å². The van der Waals surface area contributed by atoms with Gasteiger partial charge >= 0.3 is 5.97 Å². The van der Waals surface area contributed by atoms with Crippen molar-refractivity contribution in [2.45, 2.75) is 43.3 Å². The van der Waals surface area contributed by atoms with Crippen molar-refractivity contribution in [1.82, 2.24) is 25.5 Å². The van der Waals surface area contributed by atoms with Gasteiger partial charge in [0.05, 0.1) is 24.3 Å². The molecule has 0 atom stereocenters. The Hall–Kier alpha value is -3.96. The van der Waals surface area contributed by atoms with Gasteiger partial charge in [0, 0.05) is 22.0 Å². The van der Waals surface area contributed by atoms with Crippen LogP contribution in [-0.2, 0) is 14.3 Å². The minimum Gasteiger partial charge on any atom is -0.459 e. The van der Waals surface area contributed by atoms with Gasteiger partial charge in [-0.05, 0) is 75.9 Å². The molecule has 0 aliphatic carbocycles. The molecular weight excluding hydrogens is 490 g/mol. The van der Waals surface area contributed by atoms with Crippen LogP contribution in [0, 0.1) is 6.92 Å². The van der Waals surface area contributed by atoms with Crippen molar-refractivity contribution in [2.24, 2.45) is 0 Å². The molecule has 0 saturated heterocycles. The van der Waals surface area contributed by atoms with Crippen molar-refractivity contribution in [3.63, 3.8) is 0 Å². The lowest BCUT2D eigenvalue weighted by atomic mass is 10.2. The summed E-state index contributed by atoms with van der Waals surface area (Å²) in [7, 11) is 0. The third-order valence-corrected chi connectivity index (χ3v) is 5.74. The fourth-order valence-corrected chi connectivity index (χ4v) is 4.15. The second-order valence-corrected chi connectivity index (χ2v) is 10.3. The van der Waals surface area contributed by atoms with E-state index in [9.17, 15) is 9.59 Å². The number of amides is 1. The van der Waals surface area contributed by atoms with Gasteiger partial charge in [0.2, 0.25) is 5.91 Å². The van der Waals surface area contributed by atoms with Crippen molar-refractivity contribution in [2.75, 3.05) is 23.7 Å². The Morgan fingerprint density at radius 3 is 2.49 bits per heavy atom. The Morgan fingerprint density at radius 1 is 1.03 bits per heavy atom. The van der Waals surface area contributed by atoms with Crippen LogP contribution in [0.25, 0.3) is 10.9 Å². The van der Waals surface area contributed by atoms with Gasteiger partial charge in [0.1, 0.15) is 17.2 Å². The molecule has 0 unspecified atom stereocenters. The van der Waals surface area contributed by atoms with Crippen LogP contribution in [0.4, 0.5) is 17.3 Å². The zero-order chi connectivity index (χ0) is 26.4. The molecular formula is C26H29N7O3S. The monoisotopic (exact) mass is 519 g/mol. The van der Waals surface area contributed by atoms with Crippen LogP contribution in [0.15, 0.2) is 64.6 Å². The summed E-state index contributed by atoms with van der Waals surface area (Å²) in [5.41, 5.74) is 1.78. The number of anilines is 3. The molecule has 192 valence electrons. The number of hydrogen-bond donors (Lipinski definition) is 4. The zero-order valence-electron chi connectivity index (χ0n) is 21.1. The molecule has 4 rings (SSSR count). The molecule has 0 radical (unpaired) electrons. The summed E-state index contributed by atoms with van der Waals surface area (Å²) in [6.07, 6.45) is 0. The molecule has 0 aliphatic rings. The summed E-state index contributed by atoms with van der Waals surface area (Å²) in [6, 6.07) is 17.1. The number of aromatic amines is 1. The summed E-state index contributed by atoms with van der Waals surface area (Å²) in [5.74, 6) is 0.764. The van der Waals surface area contributed by atoms with Gasteiger partial charge in [-0.1, -0.05) is 12.1 Å². The van der Waals surface area contributed by atoms with Crippen molar-refractivity contribution >= 4 is 51.9 Å². The van der Waals surface area contributed by atoms with Gasteiger partial charge < -0.3 is 15.4 Å². The van der Waals surface area contributed by atoms with Gasteiger partial charge in [0.15, 0.2) is 5.16 Å². The molecule has 4 N–H and O–H groups in total. The fourth-order valence-electron chi connectivity index (χ4n) is 3.38. The van der Waals surface area contributed by atoms with Crippen LogP contribution >= 0.6 is 11.8 Å². The Balaban J connectivity index is 1.37. The van der Waals surface area contributed by atoms with E-state index in [4.69, 9.17) is 9.72 Å². The van der Waals surface area contributed by atoms with E-state index in [0.29, 0.717) is 16.7 Å². The first-order valence-electron chi connectivity index (χ1n) is 11.7. The number of esters is 1. The Labute approximate surface area is 219 Å². The normalized spacial score (nSPS) is 11.4. The number of nitrogens with one attached hydrogen (secondary N) is 4. The average molecular weight is 520 g/mol. The molecule has 2 aromatic carbocycles. The zero-order valence-corrected chi connectivity index (χ0v) is 21.9. The molecule has 0 saturated carbocycles. The highest BCUT2D eigenvalue weighted by Crippen LogP contribution is 2.31. The number of benzene rings is 2. The van der Waals surface area contributed by atoms with Crippen LogP contribution in [0.2, 0.25) is 0 Å². The van der Waals surface area contributed by atoms with Gasteiger partial charge in [-0.2, -0.15) is 5.10 Å². The number of carbonyl (C=O) groups is 2. The van der Waals surface area contributed by atoms with Crippen LogP contribution in [0.5, 0.6) is 0 Å². The first kappa shape index (κ1) is 26.1. The smallest absolute Gasteiger partial charge is 0.320 e. The van der Waals surface area contributed by atoms with E-state index in [1.165, 1.54) is 11.8 Å². The van der Waals surface area contributed by atoms with Gasteiger partial charge in [-0.15, -0.1) is 0 Å². The van der Waals surface area contributed by atoms with E-state index in [0.717, 1.165) is 27.3 Å². The predicted octanol–water partition coefficient (Wildman–Crippen LogP) is 4.43. The number of rotatable bonds is 9. The number of para-hydroxylation sites is 1. The number of H-pyrrole nitrogens is 1. The fraction of sp³-hybridized carbons (Fsp3) is 0.269. The topological polar surface area (TPSA) is 134 Å². The Bertz CT molecular complexity index is 1400. The standard InChI is InChI=1S/C26H29N7O3S/c1-16-13-21(33-32-16)30-24-19-7-5-6-8-20(19)29-25(31-24)37-18-11-9-17(10-12-18)28-22(34)14-27-15-23(35)36-26(2,3)4/h5-13,27H,14-15H2,1-4H3,(H,28,34)(H2,29,30,31,32,33). The second-order valence-electron chi connectivity index (χ2n) is 9.28. The van der Waals surface area contributed by atoms with E-state index < -0.39 is 11.6 Å². The molecule has 0 spiro atoms. The lowest BCUT2D eigenvalue weighted by Gasteiger charge is -2.19. The molecule has 1 amide bonds. The largest absolute Gasteiger partial charge is 0.459 e. The van der Waals surface area contributed by atoms with Gasteiger partial charge in [0.25, 0.3) is 0 Å². The number of aryl methyl sites for hydroxylation is 1. The van der Waals surface area contributed by atoms with Crippen molar-refractivity contribution in [3.8, 4) is 0 Å². The van der Waals surface area contributed by atoms with Gasteiger partial charge in [-0.3, -0.25) is 20.0 Å².